The third-order valence-corrected chi connectivity index (χ3v) is 10.6. The van der Waals surface area contributed by atoms with Gasteiger partial charge in [-0.1, -0.05) is 29.8 Å². The number of amides is 1. The van der Waals surface area contributed by atoms with E-state index in [0.717, 1.165) is 21.2 Å². The van der Waals surface area contributed by atoms with Crippen molar-refractivity contribution < 1.29 is 27.8 Å². The summed E-state index contributed by atoms with van der Waals surface area (Å²) in [6.07, 6.45) is 2.13. The van der Waals surface area contributed by atoms with Crippen LogP contribution in [0.5, 0.6) is 0 Å². The lowest BCUT2D eigenvalue weighted by atomic mass is 9.91. The number of anilines is 1. The van der Waals surface area contributed by atoms with Gasteiger partial charge in [-0.2, -0.15) is 0 Å². The number of aromatic nitrogens is 2. The third kappa shape index (κ3) is 6.40. The lowest BCUT2D eigenvalue weighted by molar-refractivity contribution is -0.184. The Labute approximate surface area is 258 Å². The molecule has 1 aliphatic carbocycles. The van der Waals surface area contributed by atoms with Gasteiger partial charge in [-0.15, -0.1) is 11.3 Å². The highest BCUT2D eigenvalue weighted by molar-refractivity contribution is 7.90. The summed E-state index contributed by atoms with van der Waals surface area (Å²) in [4.78, 5) is 22.3. The topological polar surface area (TPSA) is 140 Å². The van der Waals surface area contributed by atoms with E-state index in [4.69, 9.17) is 21.1 Å². The van der Waals surface area contributed by atoms with E-state index in [2.05, 4.69) is 20.0 Å². The second kappa shape index (κ2) is 11.1. The van der Waals surface area contributed by atoms with E-state index >= 15 is 0 Å². The van der Waals surface area contributed by atoms with Crippen molar-refractivity contribution in [2.45, 2.75) is 56.1 Å². The van der Waals surface area contributed by atoms with Crippen LogP contribution in [0.15, 0.2) is 54.7 Å². The van der Waals surface area contributed by atoms with Crippen LogP contribution in [-0.2, 0) is 25.1 Å². The van der Waals surface area contributed by atoms with Crippen molar-refractivity contribution in [2.75, 3.05) is 18.5 Å². The van der Waals surface area contributed by atoms with E-state index in [1.807, 2.05) is 30.3 Å². The zero-order chi connectivity index (χ0) is 30.6. The molecular formula is C30H31ClN4O6S2. The van der Waals surface area contributed by atoms with E-state index in [0.29, 0.717) is 23.4 Å². The van der Waals surface area contributed by atoms with Crippen LogP contribution in [0.4, 0.5) is 10.6 Å². The van der Waals surface area contributed by atoms with Gasteiger partial charge in [0.2, 0.25) is 10.0 Å². The number of nitrogens with one attached hydrogen (secondary N) is 2. The second-order valence-electron chi connectivity index (χ2n) is 11.8. The van der Waals surface area contributed by atoms with Crippen LogP contribution in [-0.4, -0.2) is 53.7 Å². The Balaban J connectivity index is 1.41. The molecule has 2 fully saturated rings. The summed E-state index contributed by atoms with van der Waals surface area (Å²) in [5.74, 6) is 0.171. The smallest absolute Gasteiger partial charge is 0.413 e. The Kier molecular flexibility index (Phi) is 7.72. The van der Waals surface area contributed by atoms with Gasteiger partial charge in [-0.3, -0.25) is 10.3 Å². The fraction of sp³-hybridized carbons (Fsp3) is 0.367. The van der Waals surface area contributed by atoms with E-state index in [1.54, 1.807) is 39.1 Å². The Morgan fingerprint density at radius 3 is 2.63 bits per heavy atom. The zero-order valence-corrected chi connectivity index (χ0v) is 26.1. The first kappa shape index (κ1) is 29.9. The normalized spacial score (nSPS) is 17.3. The maximum atomic E-state index is 13.2. The van der Waals surface area contributed by atoms with Gasteiger partial charge in [-0.05, 0) is 74.9 Å². The van der Waals surface area contributed by atoms with Crippen molar-refractivity contribution in [1.82, 2.24) is 14.7 Å². The lowest BCUT2D eigenvalue weighted by Crippen LogP contribution is -2.46. The first-order valence-corrected chi connectivity index (χ1v) is 16.5. The number of thiophene rings is 1. The highest BCUT2D eigenvalue weighted by Crippen LogP contribution is 2.41. The number of benzene rings is 1. The molecule has 3 N–H and O–H groups in total. The second-order valence-corrected chi connectivity index (χ2v) is 15.3. The van der Waals surface area contributed by atoms with E-state index in [9.17, 15) is 18.3 Å². The summed E-state index contributed by atoms with van der Waals surface area (Å²) in [6.45, 7) is 5.70. The molecule has 0 radical (unpaired) electrons. The van der Waals surface area contributed by atoms with Crippen LogP contribution >= 0.6 is 22.9 Å². The number of hydrogen-bond acceptors (Lipinski definition) is 9. The number of halogens is 1. The molecular weight excluding hydrogens is 612 g/mol. The molecule has 6 rings (SSSR count). The summed E-state index contributed by atoms with van der Waals surface area (Å²) >= 11 is 8.03. The molecule has 1 saturated carbocycles. The summed E-state index contributed by atoms with van der Waals surface area (Å²) in [7, 11) is -3.68. The van der Waals surface area contributed by atoms with Crippen molar-refractivity contribution in [1.29, 1.82) is 0 Å². The van der Waals surface area contributed by atoms with Gasteiger partial charge in [0.1, 0.15) is 17.0 Å². The summed E-state index contributed by atoms with van der Waals surface area (Å²) in [6, 6.07) is 13.5. The van der Waals surface area contributed by atoms with Gasteiger partial charge in [0, 0.05) is 21.3 Å². The van der Waals surface area contributed by atoms with Crippen molar-refractivity contribution in [2.24, 2.45) is 0 Å². The quantitative estimate of drug-likeness (QED) is 0.221. The maximum Gasteiger partial charge on any atom is 0.413 e. The lowest BCUT2D eigenvalue weighted by Gasteiger charge is -2.36. The van der Waals surface area contributed by atoms with Crippen molar-refractivity contribution in [3.8, 4) is 11.3 Å². The van der Waals surface area contributed by atoms with Crippen LogP contribution in [0, 0.1) is 0 Å². The van der Waals surface area contributed by atoms with Crippen molar-refractivity contribution >= 4 is 55.0 Å². The predicted molar refractivity (Wildman–Crippen MR) is 166 cm³/mol. The number of carbonyl (C=O) groups is 1. The molecule has 226 valence electrons. The van der Waals surface area contributed by atoms with Crippen LogP contribution in [0.3, 0.4) is 0 Å². The molecule has 1 saturated heterocycles. The molecule has 4 aromatic rings. The molecule has 1 amide bonds. The van der Waals surface area contributed by atoms with Gasteiger partial charge >= 0.3 is 6.09 Å². The minimum Gasteiger partial charge on any atom is -0.444 e. The van der Waals surface area contributed by atoms with Gasteiger partial charge in [-0.25, -0.2) is 22.9 Å². The standard InChI is InChI=1S/C30H31ClN4O6S2/c1-29(2,3)41-28(36)34-24-10-9-21(31)25(33-24)26(35-43(38,39)19-7-8-19)23-13-17-5-4-6-20(27(17)42-23)22-14-18(11-12-32-22)30(37)15-40-16-30/h4-6,9-14,19,26,35,37H,7-8,15-16H2,1-3H3,(H,33,34,36). The zero-order valence-electron chi connectivity index (χ0n) is 23.8. The molecule has 13 heteroatoms. The van der Waals surface area contributed by atoms with Gasteiger partial charge in [0.15, 0.2) is 0 Å². The van der Waals surface area contributed by atoms with Crippen LogP contribution in [0.2, 0.25) is 5.02 Å². The number of rotatable bonds is 8. The first-order valence-electron chi connectivity index (χ1n) is 13.8. The molecule has 1 aromatic carbocycles. The molecule has 1 aliphatic heterocycles. The van der Waals surface area contributed by atoms with Crippen LogP contribution < -0.4 is 10.0 Å². The number of fused-ring (bicyclic) bond motifs is 1. The molecule has 0 spiro atoms. The SMILES string of the molecule is CC(C)(C)OC(=O)Nc1ccc(Cl)c(C(NS(=O)(=O)C2CC2)c2cc3cccc(-c4cc(C5(O)COC5)ccn4)c3s2)n1. The minimum absolute atomic E-state index is 0.171. The molecule has 43 heavy (non-hydrogen) atoms. The minimum atomic E-state index is -3.68. The van der Waals surface area contributed by atoms with Crippen LogP contribution in [0.1, 0.15) is 55.8 Å². The highest BCUT2D eigenvalue weighted by atomic mass is 35.5. The Morgan fingerprint density at radius 1 is 1.19 bits per heavy atom. The molecule has 2 aliphatic rings. The Hall–Kier alpha value is -3.13. The predicted octanol–water partition coefficient (Wildman–Crippen LogP) is 5.75. The number of aliphatic hydroxyl groups is 1. The number of nitrogens with zero attached hydrogens (tertiary/aromatic N) is 2. The van der Waals surface area contributed by atoms with E-state index in [-0.39, 0.29) is 29.7 Å². The van der Waals surface area contributed by atoms with Crippen molar-refractivity contribution in [3.63, 3.8) is 0 Å². The average Bonchev–Trinajstić information content (AvgIpc) is 3.70. The number of hydrogen-bond donors (Lipinski definition) is 3. The highest BCUT2D eigenvalue weighted by Gasteiger charge is 2.39. The fourth-order valence-electron chi connectivity index (χ4n) is 4.78. The monoisotopic (exact) mass is 642 g/mol. The molecule has 1 atom stereocenters. The van der Waals surface area contributed by atoms with Gasteiger partial charge in [0.25, 0.3) is 0 Å². The maximum absolute atomic E-state index is 13.2. The fourth-order valence-corrected chi connectivity index (χ4v) is 7.82. The number of ether oxygens (including phenoxy) is 2. The average molecular weight is 643 g/mol. The van der Waals surface area contributed by atoms with Gasteiger partial charge in [0.05, 0.1) is 40.9 Å². The molecule has 10 nitrogen and oxygen atoms in total. The largest absolute Gasteiger partial charge is 0.444 e. The first-order chi connectivity index (χ1) is 20.3. The molecule has 0 bridgehead atoms. The number of carbonyl (C=O) groups excluding carboxylic acids is 1. The summed E-state index contributed by atoms with van der Waals surface area (Å²) in [5, 5.41) is 14.1. The van der Waals surface area contributed by atoms with Crippen molar-refractivity contribution in [3.05, 3.63) is 75.9 Å². The molecule has 3 aromatic heterocycles. The Bertz CT molecular complexity index is 1810. The van der Waals surface area contributed by atoms with E-state index in [1.165, 1.54) is 17.4 Å². The molecule has 4 heterocycles. The van der Waals surface area contributed by atoms with E-state index < -0.39 is 38.6 Å². The molecule has 1 unspecified atom stereocenters. The summed E-state index contributed by atoms with van der Waals surface area (Å²) < 4.78 is 40.8. The number of sulfonamides is 1. The van der Waals surface area contributed by atoms with Gasteiger partial charge < -0.3 is 14.6 Å². The summed E-state index contributed by atoms with van der Waals surface area (Å²) in [5.41, 5.74) is 0.722. The van der Waals surface area contributed by atoms with Crippen LogP contribution in [0.25, 0.3) is 21.3 Å². The Morgan fingerprint density at radius 2 is 1.95 bits per heavy atom. The number of pyridine rings is 2. The third-order valence-electron chi connectivity index (χ3n) is 7.12.